The number of halogens is 1. The van der Waals surface area contributed by atoms with Gasteiger partial charge in [0.1, 0.15) is 28.7 Å². The van der Waals surface area contributed by atoms with E-state index in [0.29, 0.717) is 0 Å². The van der Waals surface area contributed by atoms with Crippen molar-refractivity contribution in [1.82, 2.24) is 9.80 Å². The molecule has 0 aliphatic heterocycles. The van der Waals surface area contributed by atoms with Crippen molar-refractivity contribution in [3.8, 4) is 5.75 Å². The molecular weight excluding hydrogens is 489 g/mol. The number of aliphatic hydroxyl groups excluding tert-OH is 2. The van der Waals surface area contributed by atoms with E-state index in [2.05, 4.69) is 0 Å². The second kappa shape index (κ2) is 8.67. The minimum absolute atomic E-state index is 0.0172. The van der Waals surface area contributed by atoms with Crippen molar-refractivity contribution in [2.24, 2.45) is 17.6 Å². The number of Topliss-reactive ketones (excluding diaryl/α,β-unsaturated/α-hetero) is 2. The number of rotatable bonds is 4. The Hall–Kier alpha value is -3.77. The minimum Gasteiger partial charge on any atom is -0.510 e. The summed E-state index contributed by atoms with van der Waals surface area (Å²) in [6.45, 7) is 1.13. The van der Waals surface area contributed by atoms with Gasteiger partial charge < -0.3 is 31.1 Å². The molecule has 0 spiro atoms. The molecule has 4 atom stereocenters. The van der Waals surface area contributed by atoms with E-state index >= 15 is 4.39 Å². The van der Waals surface area contributed by atoms with Crippen molar-refractivity contribution in [2.75, 3.05) is 21.1 Å². The second-order valence-electron chi connectivity index (χ2n) is 10.1. The highest BCUT2D eigenvalue weighted by molar-refractivity contribution is 6.24. The Bertz CT molecular complexity index is 1330. The number of hydrogen-bond donors (Lipinski definition) is 5. The van der Waals surface area contributed by atoms with E-state index in [1.807, 2.05) is 0 Å². The topological polar surface area (TPSA) is 182 Å². The number of hydrogen-bond acceptors (Lipinski definition) is 9. The van der Waals surface area contributed by atoms with Crippen LogP contribution in [0.5, 0.6) is 5.75 Å². The fraction of sp³-hybridized carbons (Fsp3) is 0.440. The number of fused-ring (bicyclic) bond motifs is 3. The molecule has 0 unspecified atom stereocenters. The predicted octanol–water partition coefficient (Wildman–Crippen LogP) is 0.238. The van der Waals surface area contributed by atoms with E-state index in [4.69, 9.17) is 5.73 Å². The first-order valence-corrected chi connectivity index (χ1v) is 11.5. The molecule has 0 radical (unpaired) electrons. The molecule has 0 heterocycles. The molecule has 0 bridgehead atoms. The van der Waals surface area contributed by atoms with Crippen LogP contribution in [0.3, 0.4) is 0 Å². The molecule has 0 saturated heterocycles. The highest BCUT2D eigenvalue weighted by Crippen LogP contribution is 2.52. The van der Waals surface area contributed by atoms with E-state index < -0.39 is 75.2 Å². The average Bonchev–Trinajstić information content (AvgIpc) is 2.78. The number of allylic oxidation sites excluding steroid dienone is 1. The smallest absolute Gasteiger partial charge is 0.255 e. The van der Waals surface area contributed by atoms with Gasteiger partial charge in [-0.2, -0.15) is 0 Å². The number of ketones is 2. The van der Waals surface area contributed by atoms with Gasteiger partial charge in [-0.1, -0.05) is 0 Å². The molecule has 11 nitrogen and oxygen atoms in total. The van der Waals surface area contributed by atoms with Crippen LogP contribution in [0.25, 0.3) is 0 Å². The Morgan fingerprint density at radius 2 is 1.81 bits per heavy atom. The number of carbonyl (C=O) groups excluding carboxylic acids is 4. The molecule has 198 valence electrons. The van der Waals surface area contributed by atoms with Crippen LogP contribution in [0.2, 0.25) is 0 Å². The summed E-state index contributed by atoms with van der Waals surface area (Å²) < 4.78 is 15.6. The van der Waals surface area contributed by atoms with E-state index in [0.717, 1.165) is 6.07 Å². The molecule has 3 aliphatic carbocycles. The third-order valence-corrected chi connectivity index (χ3v) is 7.68. The number of carbonyl (C=O) groups is 4. The van der Waals surface area contributed by atoms with Crippen LogP contribution in [0.1, 0.15) is 34.8 Å². The number of aliphatic hydroxyl groups is 3. The van der Waals surface area contributed by atoms with Gasteiger partial charge in [-0.05, 0) is 38.9 Å². The van der Waals surface area contributed by atoms with Gasteiger partial charge in [0.15, 0.2) is 11.4 Å². The van der Waals surface area contributed by atoms with Gasteiger partial charge in [-0.15, -0.1) is 0 Å². The highest BCUT2D eigenvalue weighted by atomic mass is 19.1. The number of likely N-dealkylation sites (N-methyl/N-ethyl adjacent to an activating group) is 1. The molecule has 0 aromatic heterocycles. The van der Waals surface area contributed by atoms with Crippen LogP contribution >= 0.6 is 0 Å². The first-order chi connectivity index (χ1) is 17.1. The zero-order valence-electron chi connectivity index (χ0n) is 20.7. The first-order valence-electron chi connectivity index (χ1n) is 11.5. The molecule has 3 aliphatic rings. The molecule has 2 amide bonds. The fourth-order valence-electron chi connectivity index (χ4n) is 5.84. The zero-order valence-corrected chi connectivity index (χ0v) is 20.7. The van der Waals surface area contributed by atoms with E-state index in [9.17, 15) is 39.6 Å². The Labute approximate surface area is 211 Å². The lowest BCUT2D eigenvalue weighted by molar-refractivity contribution is -0.148. The van der Waals surface area contributed by atoms with Crippen molar-refractivity contribution >= 4 is 23.4 Å². The van der Waals surface area contributed by atoms with E-state index in [1.54, 1.807) is 0 Å². The summed E-state index contributed by atoms with van der Waals surface area (Å²) in [5, 5.41) is 44.1. The Balaban J connectivity index is 1.90. The summed E-state index contributed by atoms with van der Waals surface area (Å²) in [4.78, 5) is 53.0. The number of phenols is 1. The van der Waals surface area contributed by atoms with Gasteiger partial charge in [0.2, 0.25) is 11.7 Å². The molecule has 0 saturated carbocycles. The van der Waals surface area contributed by atoms with Gasteiger partial charge in [-0.3, -0.25) is 24.1 Å². The third-order valence-electron chi connectivity index (χ3n) is 7.68. The van der Waals surface area contributed by atoms with Crippen LogP contribution in [0.4, 0.5) is 4.39 Å². The lowest BCUT2D eigenvalue weighted by atomic mass is 9.58. The number of nitrogens with two attached hydrogens (primary N) is 1. The Morgan fingerprint density at radius 1 is 1.19 bits per heavy atom. The number of nitrogens with zero attached hydrogens (tertiary/aromatic N) is 2. The largest absolute Gasteiger partial charge is 0.510 e. The van der Waals surface area contributed by atoms with Gasteiger partial charge in [0, 0.05) is 43.1 Å². The molecular formula is C25H28FN3O8. The normalized spacial score (nSPS) is 27.2. The number of amides is 2. The van der Waals surface area contributed by atoms with Crippen LogP contribution in [-0.2, 0) is 27.3 Å². The number of phenolic OH excluding ortho intramolecular Hbond substituents is 1. The van der Waals surface area contributed by atoms with Crippen molar-refractivity contribution < 1.29 is 44.0 Å². The van der Waals surface area contributed by atoms with E-state index in [-0.39, 0.29) is 42.0 Å². The standard InChI is InChI=1S/C25H28FN3O8/c1-9(30)29(4)8-11-7-14(31)16-12(18(11)26)5-10-6-13-19(28(2)3)21(33)17(24(27)36)23(35)25(13,37)22(34)15(10)20(16)32/h7,10,13,19,31,33-34,37H,5-6,8H2,1-4H3,(H2,27,36)/t10-,13-,19-,25-/m0/s1. The van der Waals surface area contributed by atoms with Crippen LogP contribution in [0.15, 0.2) is 28.7 Å². The monoisotopic (exact) mass is 517 g/mol. The lowest BCUT2D eigenvalue weighted by Gasteiger charge is -2.50. The average molecular weight is 518 g/mol. The van der Waals surface area contributed by atoms with Crippen molar-refractivity contribution in [1.29, 1.82) is 0 Å². The second-order valence-corrected chi connectivity index (χ2v) is 10.1. The SMILES string of the molecule is CC(=O)N(C)Cc1cc(O)c2c(c1F)C[C@H]1C[C@H]3[C@H](N(C)C)C(O)=C(C(N)=O)C(=O)[C@@]3(O)C(O)=C1C2=O. The molecule has 12 heteroatoms. The molecule has 4 rings (SSSR count). The highest BCUT2D eigenvalue weighted by Gasteiger charge is 2.63. The van der Waals surface area contributed by atoms with E-state index in [1.165, 1.54) is 37.9 Å². The summed E-state index contributed by atoms with van der Waals surface area (Å²) in [6.07, 6.45) is -0.324. The maximum absolute atomic E-state index is 15.6. The summed E-state index contributed by atoms with van der Waals surface area (Å²) in [6, 6.07) is -0.122. The number of aromatic hydroxyl groups is 1. The summed E-state index contributed by atoms with van der Waals surface area (Å²) >= 11 is 0. The van der Waals surface area contributed by atoms with Crippen LogP contribution < -0.4 is 5.73 Å². The fourth-order valence-corrected chi connectivity index (χ4v) is 5.84. The maximum atomic E-state index is 15.6. The summed E-state index contributed by atoms with van der Waals surface area (Å²) in [5.74, 6) is -9.16. The predicted molar refractivity (Wildman–Crippen MR) is 126 cm³/mol. The van der Waals surface area contributed by atoms with Crippen molar-refractivity contribution in [3.63, 3.8) is 0 Å². The third kappa shape index (κ3) is 3.62. The van der Waals surface area contributed by atoms with Crippen LogP contribution in [0, 0.1) is 17.7 Å². The zero-order chi connectivity index (χ0) is 27.7. The maximum Gasteiger partial charge on any atom is 0.255 e. The van der Waals surface area contributed by atoms with Crippen molar-refractivity contribution in [2.45, 2.75) is 38.0 Å². The van der Waals surface area contributed by atoms with Gasteiger partial charge in [-0.25, -0.2) is 4.39 Å². The van der Waals surface area contributed by atoms with Crippen molar-refractivity contribution in [3.05, 3.63) is 51.2 Å². The molecule has 6 N–H and O–H groups in total. The summed E-state index contributed by atoms with van der Waals surface area (Å²) in [7, 11) is 4.48. The molecule has 1 aromatic carbocycles. The minimum atomic E-state index is -2.76. The quantitative estimate of drug-likeness (QED) is 0.349. The van der Waals surface area contributed by atoms with Gasteiger partial charge in [0.05, 0.1) is 11.6 Å². The van der Waals surface area contributed by atoms with Gasteiger partial charge >= 0.3 is 0 Å². The Morgan fingerprint density at radius 3 is 2.35 bits per heavy atom. The van der Waals surface area contributed by atoms with Gasteiger partial charge in [0.25, 0.3) is 5.91 Å². The molecule has 37 heavy (non-hydrogen) atoms. The Kier molecular flexibility index (Phi) is 6.16. The van der Waals surface area contributed by atoms with Crippen LogP contribution in [-0.4, -0.2) is 86.4 Å². The molecule has 1 aromatic rings. The summed E-state index contributed by atoms with van der Waals surface area (Å²) in [5.41, 5.74) is 0.696. The number of primary amides is 1. The lowest BCUT2D eigenvalue weighted by Crippen LogP contribution is -2.63. The molecule has 0 fully saturated rings. The number of benzene rings is 1. The first kappa shape index (κ1) is 26.3.